The number of rotatable bonds is 4. The quantitative estimate of drug-likeness (QED) is 0.576. The van der Waals surface area contributed by atoms with E-state index < -0.39 is 17.7 Å². The van der Waals surface area contributed by atoms with Gasteiger partial charge in [0.1, 0.15) is 17.8 Å². The van der Waals surface area contributed by atoms with Crippen molar-refractivity contribution < 1.29 is 9.90 Å². The predicted octanol–water partition coefficient (Wildman–Crippen LogP) is 2.95. The molecule has 0 bridgehead atoms. The zero-order valence-electron chi connectivity index (χ0n) is 13.3. The van der Waals surface area contributed by atoms with E-state index in [1.807, 2.05) is 31.4 Å². The molecule has 1 unspecified atom stereocenters. The van der Waals surface area contributed by atoms with E-state index in [4.69, 9.17) is 5.73 Å². The summed E-state index contributed by atoms with van der Waals surface area (Å²) in [4.78, 5) is 21.4. The Morgan fingerprint density at radius 3 is 2.74 bits per heavy atom. The lowest BCUT2D eigenvalue weighted by Gasteiger charge is -2.38. The lowest BCUT2D eigenvalue weighted by Crippen LogP contribution is -2.51. The molecule has 0 aromatic carbocycles. The van der Waals surface area contributed by atoms with Crippen LogP contribution in [0.1, 0.15) is 20.8 Å². The summed E-state index contributed by atoms with van der Waals surface area (Å²) >= 11 is 2.18. The Morgan fingerprint density at radius 1 is 1.57 bits per heavy atom. The van der Waals surface area contributed by atoms with Gasteiger partial charge in [-0.15, -0.1) is 6.58 Å². The van der Waals surface area contributed by atoms with Crippen LogP contribution in [-0.4, -0.2) is 42.2 Å². The number of nitrogen functional groups attached to an aromatic ring is 1. The van der Waals surface area contributed by atoms with Crippen molar-refractivity contribution in [2.75, 3.05) is 5.73 Å². The van der Waals surface area contributed by atoms with Gasteiger partial charge in [0.05, 0.1) is 15.1 Å². The zero-order chi connectivity index (χ0) is 17.4. The standard InChI is InChI=1S/C15H20IN5O2/c1-5-9(21(14(22)23)15(2,3)4)7-20-11(16)6-10-12(17)18-8-19-13(10)20/h5-6,8-9H,1,7H2,2-4H3,(H,22,23)(H2,17,18,19). The molecule has 0 saturated carbocycles. The topological polar surface area (TPSA) is 97.3 Å². The Bertz CT molecular complexity index is 750. The van der Waals surface area contributed by atoms with Crippen LogP contribution in [-0.2, 0) is 6.54 Å². The molecule has 1 amide bonds. The van der Waals surface area contributed by atoms with Crippen molar-refractivity contribution in [3.8, 4) is 0 Å². The van der Waals surface area contributed by atoms with Crippen LogP contribution < -0.4 is 5.73 Å². The Morgan fingerprint density at radius 2 is 2.22 bits per heavy atom. The van der Waals surface area contributed by atoms with Crippen LogP contribution >= 0.6 is 22.6 Å². The monoisotopic (exact) mass is 429 g/mol. The van der Waals surface area contributed by atoms with Crippen LogP contribution in [0.5, 0.6) is 0 Å². The molecule has 0 spiro atoms. The van der Waals surface area contributed by atoms with Crippen molar-refractivity contribution in [3.05, 3.63) is 28.7 Å². The molecule has 0 aliphatic carbocycles. The lowest BCUT2D eigenvalue weighted by molar-refractivity contribution is 0.0786. The van der Waals surface area contributed by atoms with E-state index in [2.05, 4.69) is 39.1 Å². The molecular formula is C15H20IN5O2. The molecule has 0 aliphatic heterocycles. The van der Waals surface area contributed by atoms with Crippen LogP contribution in [0, 0.1) is 3.70 Å². The highest BCUT2D eigenvalue weighted by Gasteiger charge is 2.32. The van der Waals surface area contributed by atoms with E-state index in [9.17, 15) is 9.90 Å². The normalized spacial score (nSPS) is 13.0. The number of hydrogen-bond donors (Lipinski definition) is 2. The molecule has 2 aromatic heterocycles. The smallest absolute Gasteiger partial charge is 0.408 e. The van der Waals surface area contributed by atoms with Gasteiger partial charge in [-0.2, -0.15) is 0 Å². The summed E-state index contributed by atoms with van der Waals surface area (Å²) in [5.41, 5.74) is 6.03. The molecule has 2 heterocycles. The van der Waals surface area contributed by atoms with E-state index in [0.717, 1.165) is 9.09 Å². The second kappa shape index (κ2) is 6.34. The molecule has 2 aromatic rings. The number of anilines is 1. The van der Waals surface area contributed by atoms with Crippen LogP contribution in [0.3, 0.4) is 0 Å². The number of amides is 1. The van der Waals surface area contributed by atoms with E-state index in [1.165, 1.54) is 11.2 Å². The lowest BCUT2D eigenvalue weighted by atomic mass is 10.0. The first-order valence-corrected chi connectivity index (χ1v) is 8.14. The number of halogens is 1. The summed E-state index contributed by atoms with van der Waals surface area (Å²) in [6.07, 6.45) is 2.07. The van der Waals surface area contributed by atoms with E-state index in [-0.39, 0.29) is 0 Å². The molecular weight excluding hydrogens is 409 g/mol. The van der Waals surface area contributed by atoms with Gasteiger partial charge in [0, 0.05) is 12.1 Å². The van der Waals surface area contributed by atoms with Crippen molar-refractivity contribution in [1.29, 1.82) is 0 Å². The van der Waals surface area contributed by atoms with E-state index in [1.54, 1.807) is 6.08 Å². The first-order chi connectivity index (χ1) is 10.7. The Hall–Kier alpha value is -1.84. The molecule has 0 aliphatic rings. The van der Waals surface area contributed by atoms with Gasteiger partial charge in [-0.1, -0.05) is 6.08 Å². The average Bonchev–Trinajstić information content (AvgIpc) is 2.74. The van der Waals surface area contributed by atoms with Gasteiger partial charge in [0.15, 0.2) is 0 Å². The maximum atomic E-state index is 11.7. The van der Waals surface area contributed by atoms with Crippen molar-refractivity contribution in [1.82, 2.24) is 19.4 Å². The summed E-state index contributed by atoms with van der Waals surface area (Å²) < 4.78 is 2.85. The number of carbonyl (C=O) groups is 1. The van der Waals surface area contributed by atoms with Crippen molar-refractivity contribution in [3.63, 3.8) is 0 Å². The maximum absolute atomic E-state index is 11.7. The van der Waals surface area contributed by atoms with Crippen LogP contribution in [0.25, 0.3) is 11.0 Å². The van der Waals surface area contributed by atoms with Gasteiger partial charge in [-0.3, -0.25) is 4.90 Å². The van der Waals surface area contributed by atoms with Crippen molar-refractivity contribution in [2.24, 2.45) is 0 Å². The summed E-state index contributed by atoms with van der Waals surface area (Å²) in [6, 6.07) is 1.50. The fraction of sp³-hybridized carbons (Fsp3) is 0.400. The van der Waals surface area contributed by atoms with Gasteiger partial charge in [-0.25, -0.2) is 14.8 Å². The highest BCUT2D eigenvalue weighted by atomic mass is 127. The SMILES string of the molecule is C=CC(Cn1c(I)cc2c(N)ncnc21)N(C(=O)O)C(C)(C)C. The van der Waals surface area contributed by atoms with Crippen LogP contribution in [0.4, 0.5) is 10.6 Å². The molecule has 0 saturated heterocycles. The molecule has 0 fully saturated rings. The minimum absolute atomic E-state index is 0.396. The number of fused-ring (bicyclic) bond motifs is 1. The molecule has 3 N–H and O–H groups in total. The second-order valence-electron chi connectivity index (χ2n) is 6.20. The third-order valence-corrected chi connectivity index (χ3v) is 4.47. The van der Waals surface area contributed by atoms with Crippen molar-refractivity contribution >= 4 is 45.5 Å². The fourth-order valence-corrected chi connectivity index (χ4v) is 3.34. The second-order valence-corrected chi connectivity index (χ2v) is 7.31. The third kappa shape index (κ3) is 3.41. The van der Waals surface area contributed by atoms with Gasteiger partial charge in [0.2, 0.25) is 0 Å². The number of carboxylic acid groups (broad SMARTS) is 1. The molecule has 2 rings (SSSR count). The number of nitrogens with zero attached hydrogens (tertiary/aromatic N) is 4. The van der Waals surface area contributed by atoms with E-state index in [0.29, 0.717) is 18.0 Å². The highest BCUT2D eigenvalue weighted by Crippen LogP contribution is 2.26. The first kappa shape index (κ1) is 17.5. The Labute approximate surface area is 148 Å². The molecule has 23 heavy (non-hydrogen) atoms. The van der Waals surface area contributed by atoms with Gasteiger partial charge in [0.25, 0.3) is 0 Å². The highest BCUT2D eigenvalue weighted by molar-refractivity contribution is 14.1. The number of nitrogens with two attached hydrogens (primary N) is 1. The summed E-state index contributed by atoms with van der Waals surface area (Å²) in [5, 5.41) is 10.3. The van der Waals surface area contributed by atoms with Gasteiger partial charge < -0.3 is 15.4 Å². The predicted molar refractivity (Wildman–Crippen MR) is 98.3 cm³/mol. The largest absolute Gasteiger partial charge is 0.465 e. The van der Waals surface area contributed by atoms with Crippen molar-refractivity contribution in [2.45, 2.75) is 38.9 Å². The Balaban J connectivity index is 2.47. The summed E-state index contributed by atoms with van der Waals surface area (Å²) in [5.74, 6) is 0.410. The summed E-state index contributed by atoms with van der Waals surface area (Å²) in [7, 11) is 0. The van der Waals surface area contributed by atoms with Gasteiger partial charge >= 0.3 is 6.09 Å². The number of aromatic nitrogens is 3. The average molecular weight is 429 g/mol. The molecule has 0 radical (unpaired) electrons. The summed E-state index contributed by atoms with van der Waals surface area (Å²) in [6.45, 7) is 9.79. The minimum Gasteiger partial charge on any atom is -0.465 e. The molecule has 8 heteroatoms. The van der Waals surface area contributed by atoms with Crippen LogP contribution in [0.2, 0.25) is 0 Å². The minimum atomic E-state index is -0.983. The van der Waals surface area contributed by atoms with Gasteiger partial charge in [-0.05, 0) is 49.4 Å². The molecule has 7 nitrogen and oxygen atoms in total. The fourth-order valence-electron chi connectivity index (χ4n) is 2.60. The Kier molecular flexibility index (Phi) is 4.83. The van der Waals surface area contributed by atoms with Crippen LogP contribution in [0.15, 0.2) is 25.0 Å². The first-order valence-electron chi connectivity index (χ1n) is 7.07. The van der Waals surface area contributed by atoms with E-state index >= 15 is 0 Å². The maximum Gasteiger partial charge on any atom is 0.408 e. The zero-order valence-corrected chi connectivity index (χ0v) is 15.5. The number of hydrogen-bond acceptors (Lipinski definition) is 4. The third-order valence-electron chi connectivity index (χ3n) is 3.57. The molecule has 1 atom stereocenters. The molecule has 124 valence electrons.